The van der Waals surface area contributed by atoms with Crippen molar-refractivity contribution >= 4 is 17.5 Å². The lowest BCUT2D eigenvalue weighted by molar-refractivity contribution is -0.120. The monoisotopic (exact) mass is 302 g/mol. The molecule has 4 heteroatoms. The minimum absolute atomic E-state index is 0.0245. The van der Waals surface area contributed by atoms with Crippen LogP contribution in [0.4, 0.5) is 0 Å². The predicted molar refractivity (Wildman–Crippen MR) is 86.2 cm³/mol. The number of rotatable bonds is 6. The summed E-state index contributed by atoms with van der Waals surface area (Å²) in [6.45, 7) is 3.44. The summed E-state index contributed by atoms with van der Waals surface area (Å²) >= 11 is 6.06. The van der Waals surface area contributed by atoms with E-state index in [1.54, 1.807) is 0 Å². The minimum atomic E-state index is -0.0245. The van der Waals surface area contributed by atoms with Crippen LogP contribution in [0.1, 0.15) is 16.7 Å². The summed E-state index contributed by atoms with van der Waals surface area (Å²) in [6, 6.07) is 15.7. The first kappa shape index (κ1) is 15.5. The Morgan fingerprint density at radius 2 is 1.90 bits per heavy atom. The summed E-state index contributed by atoms with van der Waals surface area (Å²) < 4.78 is 0. The molecule has 0 aliphatic heterocycles. The quantitative estimate of drug-likeness (QED) is 0.861. The first-order valence-corrected chi connectivity index (χ1v) is 7.29. The van der Waals surface area contributed by atoms with E-state index in [0.717, 1.165) is 11.1 Å². The fourth-order valence-corrected chi connectivity index (χ4v) is 2.24. The Balaban J connectivity index is 1.72. The standard InChI is InChI=1S/C17H19ClN2O/c1-13-5-4-6-14(9-13)10-20-17(21)12-19-11-15-7-2-3-8-16(15)18/h2-9,19H,10-12H2,1H3,(H,20,21). The van der Waals surface area contributed by atoms with Gasteiger partial charge in [-0.1, -0.05) is 59.6 Å². The zero-order valence-corrected chi connectivity index (χ0v) is 12.8. The third-order valence-electron chi connectivity index (χ3n) is 3.13. The second-order valence-electron chi connectivity index (χ2n) is 4.96. The third-order valence-corrected chi connectivity index (χ3v) is 3.50. The van der Waals surface area contributed by atoms with Crippen molar-refractivity contribution in [2.75, 3.05) is 6.54 Å². The van der Waals surface area contributed by atoms with Crippen LogP contribution in [0.5, 0.6) is 0 Å². The molecule has 0 fully saturated rings. The van der Waals surface area contributed by atoms with Crippen molar-refractivity contribution in [1.82, 2.24) is 10.6 Å². The van der Waals surface area contributed by atoms with E-state index in [1.807, 2.05) is 49.4 Å². The molecule has 1 amide bonds. The lowest BCUT2D eigenvalue weighted by Crippen LogP contribution is -2.33. The molecule has 0 saturated carbocycles. The van der Waals surface area contributed by atoms with Crippen LogP contribution < -0.4 is 10.6 Å². The number of aryl methyl sites for hydroxylation is 1. The summed E-state index contributed by atoms with van der Waals surface area (Å²) in [5, 5.41) is 6.70. The van der Waals surface area contributed by atoms with Gasteiger partial charge < -0.3 is 10.6 Å². The number of hydrogen-bond donors (Lipinski definition) is 2. The van der Waals surface area contributed by atoms with Crippen LogP contribution in [0.25, 0.3) is 0 Å². The van der Waals surface area contributed by atoms with E-state index in [0.29, 0.717) is 18.1 Å². The maximum atomic E-state index is 11.8. The topological polar surface area (TPSA) is 41.1 Å². The minimum Gasteiger partial charge on any atom is -0.351 e. The van der Waals surface area contributed by atoms with E-state index >= 15 is 0 Å². The van der Waals surface area contributed by atoms with Crippen molar-refractivity contribution in [1.29, 1.82) is 0 Å². The highest BCUT2D eigenvalue weighted by atomic mass is 35.5. The molecule has 0 atom stereocenters. The molecule has 0 saturated heterocycles. The molecule has 2 aromatic carbocycles. The summed E-state index contributed by atoms with van der Waals surface area (Å²) in [5.74, 6) is -0.0245. The highest BCUT2D eigenvalue weighted by molar-refractivity contribution is 6.31. The van der Waals surface area contributed by atoms with Gasteiger partial charge in [-0.05, 0) is 24.1 Å². The number of carbonyl (C=O) groups is 1. The number of halogens is 1. The van der Waals surface area contributed by atoms with Crippen LogP contribution >= 0.6 is 11.6 Å². The van der Waals surface area contributed by atoms with Crippen LogP contribution in [-0.4, -0.2) is 12.5 Å². The van der Waals surface area contributed by atoms with Gasteiger partial charge in [0, 0.05) is 18.1 Å². The predicted octanol–water partition coefficient (Wildman–Crippen LogP) is 3.05. The van der Waals surface area contributed by atoms with Gasteiger partial charge in [0.25, 0.3) is 0 Å². The lowest BCUT2D eigenvalue weighted by Gasteiger charge is -2.08. The molecular weight excluding hydrogens is 284 g/mol. The fourth-order valence-electron chi connectivity index (χ4n) is 2.04. The number of nitrogens with one attached hydrogen (secondary N) is 2. The molecule has 0 bridgehead atoms. The van der Waals surface area contributed by atoms with Gasteiger partial charge in [0.15, 0.2) is 0 Å². The van der Waals surface area contributed by atoms with Crippen LogP contribution in [0, 0.1) is 6.92 Å². The maximum Gasteiger partial charge on any atom is 0.234 e. The molecule has 0 aromatic heterocycles. The van der Waals surface area contributed by atoms with Crippen molar-refractivity contribution in [2.24, 2.45) is 0 Å². The Kier molecular flexibility index (Phi) is 5.78. The average molecular weight is 303 g/mol. The second kappa shape index (κ2) is 7.81. The first-order chi connectivity index (χ1) is 10.1. The molecule has 3 nitrogen and oxygen atoms in total. The SMILES string of the molecule is Cc1cccc(CNC(=O)CNCc2ccccc2Cl)c1. The third kappa shape index (κ3) is 5.21. The molecule has 0 radical (unpaired) electrons. The number of hydrogen-bond acceptors (Lipinski definition) is 2. The smallest absolute Gasteiger partial charge is 0.234 e. The van der Waals surface area contributed by atoms with Gasteiger partial charge in [-0.15, -0.1) is 0 Å². The van der Waals surface area contributed by atoms with E-state index in [1.165, 1.54) is 5.56 Å². The Morgan fingerprint density at radius 3 is 2.67 bits per heavy atom. The summed E-state index contributed by atoms with van der Waals surface area (Å²) in [7, 11) is 0. The van der Waals surface area contributed by atoms with E-state index in [-0.39, 0.29) is 12.5 Å². The molecular formula is C17H19ClN2O. The second-order valence-corrected chi connectivity index (χ2v) is 5.37. The van der Waals surface area contributed by atoms with E-state index in [9.17, 15) is 4.79 Å². The fraction of sp³-hybridized carbons (Fsp3) is 0.235. The van der Waals surface area contributed by atoms with Crippen LogP contribution in [0.3, 0.4) is 0 Å². The van der Waals surface area contributed by atoms with Gasteiger partial charge in [0.1, 0.15) is 0 Å². The molecule has 0 spiro atoms. The highest BCUT2D eigenvalue weighted by Gasteiger charge is 2.03. The Morgan fingerprint density at radius 1 is 1.10 bits per heavy atom. The van der Waals surface area contributed by atoms with Crippen molar-refractivity contribution in [3.63, 3.8) is 0 Å². The number of benzene rings is 2. The van der Waals surface area contributed by atoms with Gasteiger partial charge in [-0.3, -0.25) is 4.79 Å². The number of amides is 1. The maximum absolute atomic E-state index is 11.8. The Hall–Kier alpha value is -1.84. The molecule has 0 unspecified atom stereocenters. The largest absolute Gasteiger partial charge is 0.351 e. The zero-order chi connectivity index (χ0) is 15.1. The van der Waals surface area contributed by atoms with Crippen molar-refractivity contribution in [2.45, 2.75) is 20.0 Å². The van der Waals surface area contributed by atoms with Gasteiger partial charge >= 0.3 is 0 Å². The Labute approximate surface area is 130 Å². The van der Waals surface area contributed by atoms with E-state index in [4.69, 9.17) is 11.6 Å². The van der Waals surface area contributed by atoms with Crippen molar-refractivity contribution in [3.05, 3.63) is 70.2 Å². The molecule has 2 rings (SSSR count). The van der Waals surface area contributed by atoms with Gasteiger partial charge in [-0.2, -0.15) is 0 Å². The first-order valence-electron chi connectivity index (χ1n) is 6.91. The van der Waals surface area contributed by atoms with Crippen LogP contribution in [0.15, 0.2) is 48.5 Å². The highest BCUT2D eigenvalue weighted by Crippen LogP contribution is 2.13. The molecule has 2 aromatic rings. The van der Waals surface area contributed by atoms with Crippen molar-refractivity contribution < 1.29 is 4.79 Å². The lowest BCUT2D eigenvalue weighted by atomic mass is 10.1. The average Bonchev–Trinajstić information content (AvgIpc) is 2.47. The molecule has 0 aliphatic rings. The molecule has 0 heterocycles. The normalized spacial score (nSPS) is 10.4. The van der Waals surface area contributed by atoms with E-state index < -0.39 is 0 Å². The van der Waals surface area contributed by atoms with Crippen molar-refractivity contribution in [3.8, 4) is 0 Å². The summed E-state index contributed by atoms with van der Waals surface area (Å²) in [5.41, 5.74) is 3.29. The molecule has 21 heavy (non-hydrogen) atoms. The van der Waals surface area contributed by atoms with Crippen LogP contribution in [-0.2, 0) is 17.9 Å². The molecule has 2 N–H and O–H groups in total. The summed E-state index contributed by atoms with van der Waals surface area (Å²) in [4.78, 5) is 11.8. The van der Waals surface area contributed by atoms with E-state index in [2.05, 4.69) is 16.7 Å². The summed E-state index contributed by atoms with van der Waals surface area (Å²) in [6.07, 6.45) is 0. The van der Waals surface area contributed by atoms with Gasteiger partial charge in [0.05, 0.1) is 6.54 Å². The van der Waals surface area contributed by atoms with Gasteiger partial charge in [-0.25, -0.2) is 0 Å². The zero-order valence-electron chi connectivity index (χ0n) is 12.0. The molecule has 0 aliphatic carbocycles. The van der Waals surface area contributed by atoms with Crippen LogP contribution in [0.2, 0.25) is 5.02 Å². The van der Waals surface area contributed by atoms with Gasteiger partial charge in [0.2, 0.25) is 5.91 Å². The molecule has 110 valence electrons. The Bertz CT molecular complexity index is 613. The number of carbonyl (C=O) groups excluding carboxylic acids is 1.